The van der Waals surface area contributed by atoms with E-state index in [2.05, 4.69) is 15.9 Å². The summed E-state index contributed by atoms with van der Waals surface area (Å²) in [7, 11) is 4.36. The maximum absolute atomic E-state index is 12.7. The van der Waals surface area contributed by atoms with Crippen LogP contribution in [0.3, 0.4) is 0 Å². The van der Waals surface area contributed by atoms with E-state index in [1.165, 1.54) is 21.1 Å². The van der Waals surface area contributed by atoms with E-state index in [0.717, 1.165) is 9.86 Å². The summed E-state index contributed by atoms with van der Waals surface area (Å²) in [4.78, 5) is 24.5. The van der Waals surface area contributed by atoms with Gasteiger partial charge in [-0.05, 0) is 47.3 Å². The normalized spacial score (nSPS) is 10.5. The van der Waals surface area contributed by atoms with E-state index >= 15 is 0 Å². The summed E-state index contributed by atoms with van der Waals surface area (Å²) in [5.41, 5.74) is 1.38. The van der Waals surface area contributed by atoms with Gasteiger partial charge in [0, 0.05) is 22.3 Å². The van der Waals surface area contributed by atoms with Crippen molar-refractivity contribution in [2.24, 2.45) is 0 Å². The van der Waals surface area contributed by atoms with E-state index < -0.39 is 11.9 Å². The van der Waals surface area contributed by atoms with Crippen molar-refractivity contribution >= 4 is 38.6 Å². The smallest absolute Gasteiger partial charge is 0.342 e. The van der Waals surface area contributed by atoms with Crippen LogP contribution in [0.25, 0.3) is 21.9 Å². The predicted molar refractivity (Wildman–Crippen MR) is 113 cm³/mol. The summed E-state index contributed by atoms with van der Waals surface area (Å²) >= 11 is 3.46. The summed E-state index contributed by atoms with van der Waals surface area (Å²) < 4.78 is 22.0. The highest BCUT2D eigenvalue weighted by Crippen LogP contribution is 2.41. The molecule has 29 heavy (non-hydrogen) atoms. The van der Waals surface area contributed by atoms with Gasteiger partial charge in [-0.2, -0.15) is 0 Å². The van der Waals surface area contributed by atoms with Gasteiger partial charge in [0.2, 0.25) is 0 Å². The Labute approximate surface area is 176 Å². The van der Waals surface area contributed by atoms with Crippen LogP contribution in [0.5, 0.6) is 17.2 Å². The van der Waals surface area contributed by atoms with Gasteiger partial charge in [0.05, 0.1) is 21.3 Å². The largest absolute Gasteiger partial charge is 0.493 e. The first-order valence-corrected chi connectivity index (χ1v) is 9.44. The molecule has 0 fully saturated rings. The van der Waals surface area contributed by atoms with Crippen LogP contribution >= 0.6 is 15.9 Å². The minimum absolute atomic E-state index is 0.152. The molecule has 0 amide bonds. The van der Waals surface area contributed by atoms with Gasteiger partial charge in [0.15, 0.2) is 17.2 Å². The number of hydrogen-bond acceptors (Lipinski definition) is 6. The SMILES string of the molecule is COC(=O)c1c(-c2ccc(OC)c(OC)c2)cc2cc(Br)ccc2c1OC(C)=O. The van der Waals surface area contributed by atoms with Crippen LogP contribution in [0, 0.1) is 0 Å². The second kappa shape index (κ2) is 8.53. The number of carbonyl (C=O) groups is 2. The van der Waals surface area contributed by atoms with Crippen LogP contribution in [0.2, 0.25) is 0 Å². The molecule has 7 heteroatoms. The molecular formula is C22H19BrO6. The molecule has 0 saturated heterocycles. The Morgan fingerprint density at radius 2 is 1.62 bits per heavy atom. The van der Waals surface area contributed by atoms with Crippen molar-refractivity contribution in [2.45, 2.75) is 6.92 Å². The van der Waals surface area contributed by atoms with Gasteiger partial charge in [0.1, 0.15) is 5.56 Å². The zero-order valence-corrected chi connectivity index (χ0v) is 18.0. The van der Waals surface area contributed by atoms with Crippen LogP contribution in [-0.4, -0.2) is 33.3 Å². The quantitative estimate of drug-likeness (QED) is 0.395. The maximum Gasteiger partial charge on any atom is 0.342 e. The molecule has 3 aromatic rings. The standard InChI is InChI=1S/C22H19BrO6/c1-12(24)29-21-16-7-6-15(23)9-14(16)10-17(20(21)22(25)28-4)13-5-8-18(26-2)19(11-13)27-3/h5-11H,1-4H3. The Bertz CT molecular complexity index is 1110. The lowest BCUT2D eigenvalue weighted by molar-refractivity contribution is -0.131. The van der Waals surface area contributed by atoms with E-state index in [9.17, 15) is 9.59 Å². The Morgan fingerprint density at radius 3 is 2.24 bits per heavy atom. The average molecular weight is 459 g/mol. The number of methoxy groups -OCH3 is 3. The molecule has 0 aliphatic carbocycles. The molecule has 0 N–H and O–H groups in total. The Morgan fingerprint density at radius 1 is 0.897 bits per heavy atom. The van der Waals surface area contributed by atoms with Crippen molar-refractivity contribution < 1.29 is 28.5 Å². The lowest BCUT2D eigenvalue weighted by atomic mass is 9.94. The number of halogens is 1. The van der Waals surface area contributed by atoms with Crippen molar-refractivity contribution in [1.29, 1.82) is 0 Å². The first kappa shape index (κ1) is 20.7. The lowest BCUT2D eigenvalue weighted by Crippen LogP contribution is -2.11. The molecule has 150 valence electrons. The number of esters is 2. The number of ether oxygens (including phenoxy) is 4. The number of rotatable bonds is 5. The molecule has 6 nitrogen and oxygen atoms in total. The second-order valence-corrected chi connectivity index (χ2v) is 7.06. The lowest BCUT2D eigenvalue weighted by Gasteiger charge is -2.17. The number of hydrogen-bond donors (Lipinski definition) is 0. The number of benzene rings is 3. The number of carbonyl (C=O) groups excluding carboxylic acids is 2. The zero-order chi connectivity index (χ0) is 21.1. The minimum atomic E-state index is -0.615. The summed E-state index contributed by atoms with van der Waals surface area (Å²) in [6, 6.07) is 12.6. The van der Waals surface area contributed by atoms with Gasteiger partial charge in [0.25, 0.3) is 0 Å². The second-order valence-electron chi connectivity index (χ2n) is 6.15. The minimum Gasteiger partial charge on any atom is -0.493 e. The third-order valence-corrected chi connectivity index (χ3v) is 4.88. The molecule has 0 atom stereocenters. The van der Waals surface area contributed by atoms with Crippen molar-refractivity contribution in [3.05, 3.63) is 52.5 Å². The van der Waals surface area contributed by atoms with Gasteiger partial charge in [-0.3, -0.25) is 4.79 Å². The topological polar surface area (TPSA) is 71.1 Å². The van der Waals surface area contributed by atoms with Crippen molar-refractivity contribution in [3.8, 4) is 28.4 Å². The molecule has 0 aliphatic heterocycles. The third-order valence-electron chi connectivity index (χ3n) is 4.38. The van der Waals surface area contributed by atoms with Crippen LogP contribution in [0.1, 0.15) is 17.3 Å². The zero-order valence-electron chi connectivity index (χ0n) is 16.4. The van der Waals surface area contributed by atoms with E-state index in [-0.39, 0.29) is 11.3 Å². The van der Waals surface area contributed by atoms with Gasteiger partial charge >= 0.3 is 11.9 Å². The third kappa shape index (κ3) is 4.05. The molecule has 0 aliphatic rings. The molecule has 0 heterocycles. The molecule has 0 saturated carbocycles. The van der Waals surface area contributed by atoms with E-state index in [0.29, 0.717) is 28.0 Å². The number of fused-ring (bicyclic) bond motifs is 1. The highest BCUT2D eigenvalue weighted by Gasteiger charge is 2.24. The molecule has 0 bridgehead atoms. The van der Waals surface area contributed by atoms with Crippen LogP contribution < -0.4 is 14.2 Å². The van der Waals surface area contributed by atoms with Crippen LogP contribution in [0.15, 0.2) is 46.9 Å². The summed E-state index contributed by atoms with van der Waals surface area (Å²) in [6.07, 6.45) is 0. The molecule has 3 rings (SSSR count). The van der Waals surface area contributed by atoms with Crippen LogP contribution in [0.4, 0.5) is 0 Å². The summed E-state index contributed by atoms with van der Waals surface area (Å²) in [5, 5.41) is 1.40. The van der Waals surface area contributed by atoms with E-state index in [1.54, 1.807) is 31.4 Å². The first-order valence-electron chi connectivity index (χ1n) is 8.65. The molecule has 0 radical (unpaired) electrons. The van der Waals surface area contributed by atoms with Crippen LogP contribution in [-0.2, 0) is 9.53 Å². The van der Waals surface area contributed by atoms with Gasteiger partial charge in [-0.1, -0.05) is 22.0 Å². The molecule has 3 aromatic carbocycles. The molecule has 0 unspecified atom stereocenters. The fourth-order valence-corrected chi connectivity index (χ4v) is 3.51. The first-order chi connectivity index (χ1) is 13.9. The predicted octanol–water partition coefficient (Wildman–Crippen LogP) is 5.00. The van der Waals surface area contributed by atoms with Crippen molar-refractivity contribution in [2.75, 3.05) is 21.3 Å². The monoisotopic (exact) mass is 458 g/mol. The highest BCUT2D eigenvalue weighted by atomic mass is 79.9. The Hall–Kier alpha value is -3.06. The van der Waals surface area contributed by atoms with Crippen molar-refractivity contribution in [3.63, 3.8) is 0 Å². The highest BCUT2D eigenvalue weighted by molar-refractivity contribution is 9.10. The average Bonchev–Trinajstić information content (AvgIpc) is 2.71. The van der Waals surface area contributed by atoms with E-state index in [4.69, 9.17) is 18.9 Å². The van der Waals surface area contributed by atoms with Gasteiger partial charge in [-0.25, -0.2) is 4.79 Å². The van der Waals surface area contributed by atoms with Crippen molar-refractivity contribution in [1.82, 2.24) is 0 Å². The fraction of sp³-hybridized carbons (Fsp3) is 0.182. The fourth-order valence-electron chi connectivity index (χ4n) is 3.13. The summed E-state index contributed by atoms with van der Waals surface area (Å²) in [6.45, 7) is 1.29. The van der Waals surface area contributed by atoms with Gasteiger partial charge in [-0.15, -0.1) is 0 Å². The molecule has 0 spiro atoms. The maximum atomic E-state index is 12.7. The van der Waals surface area contributed by atoms with E-state index in [1.807, 2.05) is 18.2 Å². The Kier molecular flexibility index (Phi) is 6.08. The molecule has 0 aromatic heterocycles. The summed E-state index contributed by atoms with van der Waals surface area (Å²) in [5.74, 6) is 0.0580. The Balaban J connectivity index is 2.41. The van der Waals surface area contributed by atoms with Gasteiger partial charge < -0.3 is 18.9 Å². The molecular weight excluding hydrogens is 440 g/mol.